The maximum Gasteiger partial charge on any atom is 0.267 e. The summed E-state index contributed by atoms with van der Waals surface area (Å²) in [5, 5.41) is 3.69. The fraction of sp³-hybridized carbons (Fsp3) is 0. The number of hydrogen-bond donors (Lipinski definition) is 1. The Balaban J connectivity index is 1.34. The van der Waals surface area contributed by atoms with Crippen LogP contribution >= 0.6 is 11.6 Å². The van der Waals surface area contributed by atoms with Crippen LogP contribution in [0.4, 0.5) is 5.82 Å². The molecule has 34 heavy (non-hydrogen) atoms. The molecule has 5 rings (SSSR count). The van der Waals surface area contributed by atoms with Gasteiger partial charge in [0.05, 0.1) is 17.9 Å². The summed E-state index contributed by atoms with van der Waals surface area (Å²) >= 11 is 6.00. The van der Waals surface area contributed by atoms with Crippen LogP contribution in [-0.2, 0) is 0 Å². The van der Waals surface area contributed by atoms with Gasteiger partial charge in [0.1, 0.15) is 28.0 Å². The van der Waals surface area contributed by atoms with E-state index in [0.717, 1.165) is 0 Å². The number of ether oxygens (including phenoxy) is 1. The predicted octanol–water partition coefficient (Wildman–Crippen LogP) is 4.87. The van der Waals surface area contributed by atoms with Gasteiger partial charge in [-0.15, -0.1) is 0 Å². The van der Waals surface area contributed by atoms with E-state index in [2.05, 4.69) is 20.3 Å². The largest absolute Gasteiger partial charge is 0.455 e. The maximum atomic E-state index is 12.8. The number of nitrogens with zero attached hydrogens (tertiary/aromatic N) is 4. The lowest BCUT2D eigenvalue weighted by molar-refractivity contribution is 0.102. The minimum Gasteiger partial charge on any atom is -0.455 e. The number of nitrogens with one attached hydrogen (secondary N) is 1. The number of halogens is 1. The van der Waals surface area contributed by atoms with Crippen LogP contribution in [0.2, 0.25) is 5.15 Å². The molecule has 1 amide bonds. The van der Waals surface area contributed by atoms with Crippen LogP contribution in [0.3, 0.4) is 0 Å². The molecular formula is C25H16ClN5O3. The first-order valence-electron chi connectivity index (χ1n) is 10.2. The van der Waals surface area contributed by atoms with Gasteiger partial charge in [-0.3, -0.25) is 19.1 Å². The van der Waals surface area contributed by atoms with Gasteiger partial charge in [-0.05, 0) is 48.5 Å². The maximum absolute atomic E-state index is 12.8. The Bertz CT molecular complexity index is 1550. The standard InChI is InChI=1S/C25H16ClN5O3/c26-22-13-19-20(15-28-22)27-11-10-21(19)34-17-8-9-23(29-14-17)30-24(32)18-7-4-12-31(25(18)33)16-5-2-1-3-6-16/h1-15H,(H,29,30,32). The average Bonchev–Trinajstić information content (AvgIpc) is 2.86. The van der Waals surface area contributed by atoms with Gasteiger partial charge in [-0.2, -0.15) is 0 Å². The number of anilines is 1. The summed E-state index contributed by atoms with van der Waals surface area (Å²) in [7, 11) is 0. The Labute approximate surface area is 198 Å². The van der Waals surface area contributed by atoms with E-state index in [4.69, 9.17) is 16.3 Å². The zero-order valence-electron chi connectivity index (χ0n) is 17.6. The molecule has 8 nitrogen and oxygen atoms in total. The first-order valence-corrected chi connectivity index (χ1v) is 10.6. The fourth-order valence-electron chi connectivity index (χ4n) is 3.37. The van der Waals surface area contributed by atoms with E-state index in [1.807, 2.05) is 18.2 Å². The van der Waals surface area contributed by atoms with Crippen molar-refractivity contribution in [3.8, 4) is 17.2 Å². The third kappa shape index (κ3) is 4.35. The first-order chi connectivity index (χ1) is 16.6. The highest BCUT2D eigenvalue weighted by atomic mass is 35.5. The van der Waals surface area contributed by atoms with Crippen LogP contribution in [0.25, 0.3) is 16.6 Å². The highest BCUT2D eigenvalue weighted by Crippen LogP contribution is 2.29. The molecule has 0 aliphatic carbocycles. The number of rotatable bonds is 5. The van der Waals surface area contributed by atoms with E-state index in [9.17, 15) is 9.59 Å². The van der Waals surface area contributed by atoms with Gasteiger partial charge in [-0.25, -0.2) is 9.97 Å². The lowest BCUT2D eigenvalue weighted by Gasteiger charge is -2.10. The van der Waals surface area contributed by atoms with E-state index in [1.165, 1.54) is 16.8 Å². The summed E-state index contributed by atoms with van der Waals surface area (Å²) in [6.45, 7) is 0. The molecule has 166 valence electrons. The van der Waals surface area contributed by atoms with Crippen molar-refractivity contribution in [3.63, 3.8) is 0 Å². The SMILES string of the molecule is O=C(Nc1ccc(Oc2ccnc3cnc(Cl)cc23)cn1)c1cccn(-c2ccccc2)c1=O. The Morgan fingerprint density at radius 1 is 0.941 bits per heavy atom. The molecule has 4 aromatic heterocycles. The van der Waals surface area contributed by atoms with Crippen LogP contribution in [0.5, 0.6) is 11.5 Å². The number of benzene rings is 1. The van der Waals surface area contributed by atoms with Gasteiger partial charge in [0, 0.05) is 23.5 Å². The molecule has 0 bridgehead atoms. The molecule has 0 saturated carbocycles. The lowest BCUT2D eigenvalue weighted by Crippen LogP contribution is -2.28. The molecule has 0 aliphatic heterocycles. The Kier molecular flexibility index (Phi) is 5.72. The highest BCUT2D eigenvalue weighted by molar-refractivity contribution is 6.30. The normalized spacial score (nSPS) is 10.7. The molecule has 5 aromatic rings. The zero-order chi connectivity index (χ0) is 23.5. The molecule has 0 saturated heterocycles. The van der Waals surface area contributed by atoms with E-state index in [0.29, 0.717) is 33.2 Å². The van der Waals surface area contributed by atoms with Crippen molar-refractivity contribution in [2.45, 2.75) is 0 Å². The summed E-state index contributed by atoms with van der Waals surface area (Å²) in [6, 6.07) is 18.8. The summed E-state index contributed by atoms with van der Waals surface area (Å²) in [5.41, 5.74) is 0.885. The number of pyridine rings is 4. The molecule has 1 aromatic carbocycles. The van der Waals surface area contributed by atoms with Gasteiger partial charge in [-0.1, -0.05) is 29.8 Å². The van der Waals surface area contributed by atoms with Crippen LogP contribution in [0.1, 0.15) is 10.4 Å². The Morgan fingerprint density at radius 3 is 2.59 bits per heavy atom. The van der Waals surface area contributed by atoms with Crippen molar-refractivity contribution in [3.05, 3.63) is 113 Å². The number of fused-ring (bicyclic) bond motifs is 1. The van der Waals surface area contributed by atoms with E-state index < -0.39 is 11.5 Å². The number of amides is 1. The summed E-state index contributed by atoms with van der Waals surface area (Å²) in [5.74, 6) is 0.709. The molecule has 0 unspecified atom stereocenters. The number of aromatic nitrogens is 4. The third-order valence-electron chi connectivity index (χ3n) is 4.99. The quantitative estimate of drug-likeness (QED) is 0.368. The molecule has 0 atom stereocenters. The van der Waals surface area contributed by atoms with Gasteiger partial charge in [0.25, 0.3) is 11.5 Å². The van der Waals surface area contributed by atoms with Gasteiger partial charge >= 0.3 is 0 Å². The number of carbonyl (C=O) groups is 1. The molecule has 1 N–H and O–H groups in total. The van der Waals surface area contributed by atoms with Crippen LogP contribution in [0, 0.1) is 0 Å². The van der Waals surface area contributed by atoms with E-state index in [1.54, 1.807) is 61.1 Å². The van der Waals surface area contributed by atoms with Crippen molar-refractivity contribution in [2.24, 2.45) is 0 Å². The lowest BCUT2D eigenvalue weighted by atomic mass is 10.2. The van der Waals surface area contributed by atoms with Crippen molar-refractivity contribution in [1.82, 2.24) is 19.5 Å². The predicted molar refractivity (Wildman–Crippen MR) is 129 cm³/mol. The second kappa shape index (κ2) is 9.13. The smallest absolute Gasteiger partial charge is 0.267 e. The second-order valence-corrected chi connectivity index (χ2v) is 7.59. The number of hydrogen-bond acceptors (Lipinski definition) is 6. The molecular weight excluding hydrogens is 454 g/mol. The minimum atomic E-state index is -0.557. The zero-order valence-corrected chi connectivity index (χ0v) is 18.3. The number of carbonyl (C=O) groups excluding carboxylic acids is 1. The van der Waals surface area contributed by atoms with Crippen LogP contribution < -0.4 is 15.6 Å². The summed E-state index contributed by atoms with van der Waals surface area (Å²) in [6.07, 6.45) is 6.26. The van der Waals surface area contributed by atoms with E-state index in [-0.39, 0.29) is 11.4 Å². The van der Waals surface area contributed by atoms with Crippen molar-refractivity contribution in [2.75, 3.05) is 5.32 Å². The summed E-state index contributed by atoms with van der Waals surface area (Å²) in [4.78, 5) is 38.1. The number of para-hydroxylation sites is 1. The molecule has 0 fully saturated rings. The third-order valence-corrected chi connectivity index (χ3v) is 5.19. The Hall–Kier alpha value is -4.56. The molecule has 0 aliphatic rings. The first kappa shape index (κ1) is 21.3. The Morgan fingerprint density at radius 2 is 1.79 bits per heavy atom. The van der Waals surface area contributed by atoms with Crippen LogP contribution in [0.15, 0.2) is 96.3 Å². The van der Waals surface area contributed by atoms with Gasteiger partial charge < -0.3 is 10.1 Å². The van der Waals surface area contributed by atoms with Crippen molar-refractivity contribution >= 4 is 34.2 Å². The molecule has 0 spiro atoms. The monoisotopic (exact) mass is 469 g/mol. The van der Waals surface area contributed by atoms with E-state index >= 15 is 0 Å². The summed E-state index contributed by atoms with van der Waals surface area (Å²) < 4.78 is 7.34. The topological polar surface area (TPSA) is 99.0 Å². The van der Waals surface area contributed by atoms with Crippen molar-refractivity contribution in [1.29, 1.82) is 0 Å². The van der Waals surface area contributed by atoms with Gasteiger partial charge in [0.2, 0.25) is 0 Å². The minimum absolute atomic E-state index is 0.00206. The molecule has 9 heteroatoms. The second-order valence-electron chi connectivity index (χ2n) is 7.20. The average molecular weight is 470 g/mol. The van der Waals surface area contributed by atoms with Crippen LogP contribution in [-0.4, -0.2) is 25.4 Å². The molecule has 4 heterocycles. The fourth-order valence-corrected chi connectivity index (χ4v) is 3.53. The van der Waals surface area contributed by atoms with Gasteiger partial charge in [0.15, 0.2) is 0 Å². The highest BCUT2D eigenvalue weighted by Gasteiger charge is 2.14. The molecule has 0 radical (unpaired) electrons. The van der Waals surface area contributed by atoms with Crippen molar-refractivity contribution < 1.29 is 9.53 Å².